The number of aliphatic carboxylic acids is 1. The Hall–Kier alpha value is -2.11. The number of amides is 1. The van der Waals surface area contributed by atoms with Crippen molar-refractivity contribution in [2.45, 2.75) is 26.2 Å². The Bertz CT molecular complexity index is 476. The topological polar surface area (TPSA) is 75.6 Å². The molecule has 0 unspecified atom stereocenters. The Balaban J connectivity index is 2.23. The fraction of sp³-hybridized carbons (Fsp3) is 0.429. The minimum absolute atomic E-state index is 0.0472. The lowest BCUT2D eigenvalue weighted by molar-refractivity contribution is -0.137. The summed E-state index contributed by atoms with van der Waals surface area (Å²) in [4.78, 5) is 21.7. The third-order valence-electron chi connectivity index (χ3n) is 2.59. The largest absolute Gasteiger partial charge is 0.481 e. The highest BCUT2D eigenvalue weighted by molar-refractivity contribution is 5.77. The van der Waals surface area contributed by atoms with E-state index < -0.39 is 11.8 Å². The second-order valence-electron chi connectivity index (χ2n) is 4.42. The third-order valence-corrected chi connectivity index (χ3v) is 2.59. The zero-order valence-corrected chi connectivity index (χ0v) is 11.3. The molecule has 1 aromatic carbocycles. The summed E-state index contributed by atoms with van der Waals surface area (Å²) < 4.78 is 18.4. The van der Waals surface area contributed by atoms with Crippen LogP contribution in [0.15, 0.2) is 18.2 Å². The van der Waals surface area contributed by atoms with E-state index in [1.807, 2.05) is 0 Å². The van der Waals surface area contributed by atoms with E-state index in [1.165, 1.54) is 12.1 Å². The van der Waals surface area contributed by atoms with Gasteiger partial charge in [0.25, 0.3) is 5.91 Å². The maximum Gasteiger partial charge on any atom is 0.303 e. The van der Waals surface area contributed by atoms with Crippen LogP contribution in [0.4, 0.5) is 4.39 Å². The van der Waals surface area contributed by atoms with Crippen LogP contribution in [0, 0.1) is 12.7 Å². The lowest BCUT2D eigenvalue weighted by Crippen LogP contribution is -2.29. The summed E-state index contributed by atoms with van der Waals surface area (Å²) in [6.07, 6.45) is 1.17. The van der Waals surface area contributed by atoms with E-state index in [4.69, 9.17) is 9.84 Å². The summed E-state index contributed by atoms with van der Waals surface area (Å²) in [5.41, 5.74) is 0.843. The SMILES string of the molecule is Cc1ccc(F)c(OCC(=O)NCCCCC(=O)O)c1. The molecule has 0 aliphatic rings. The number of halogens is 1. The van der Waals surface area contributed by atoms with Gasteiger partial charge in [0.15, 0.2) is 18.2 Å². The molecule has 0 heterocycles. The number of benzene rings is 1. The Kier molecular flexibility index (Phi) is 6.49. The third kappa shape index (κ3) is 6.17. The van der Waals surface area contributed by atoms with E-state index in [-0.39, 0.29) is 24.7 Å². The zero-order valence-electron chi connectivity index (χ0n) is 11.3. The molecule has 0 fully saturated rings. The van der Waals surface area contributed by atoms with Crippen LogP contribution < -0.4 is 10.1 Å². The van der Waals surface area contributed by atoms with Gasteiger partial charge in [0, 0.05) is 13.0 Å². The number of hydrogen-bond acceptors (Lipinski definition) is 3. The first-order chi connectivity index (χ1) is 9.49. The maximum atomic E-state index is 13.3. The van der Waals surface area contributed by atoms with Crippen LogP contribution in [0.3, 0.4) is 0 Å². The molecule has 0 aliphatic carbocycles. The number of carboxylic acids is 1. The van der Waals surface area contributed by atoms with Gasteiger partial charge in [-0.15, -0.1) is 0 Å². The summed E-state index contributed by atoms with van der Waals surface area (Å²) in [6, 6.07) is 4.43. The van der Waals surface area contributed by atoms with Gasteiger partial charge in [0.1, 0.15) is 0 Å². The molecule has 5 nitrogen and oxygen atoms in total. The smallest absolute Gasteiger partial charge is 0.303 e. The average Bonchev–Trinajstić information content (AvgIpc) is 2.39. The first-order valence-electron chi connectivity index (χ1n) is 6.36. The Morgan fingerprint density at radius 1 is 1.35 bits per heavy atom. The van der Waals surface area contributed by atoms with E-state index in [0.29, 0.717) is 19.4 Å². The fourth-order valence-corrected chi connectivity index (χ4v) is 1.54. The van der Waals surface area contributed by atoms with E-state index in [2.05, 4.69) is 5.32 Å². The van der Waals surface area contributed by atoms with Crippen molar-refractivity contribution >= 4 is 11.9 Å². The van der Waals surface area contributed by atoms with Gasteiger partial charge in [0.2, 0.25) is 0 Å². The molecule has 0 saturated carbocycles. The van der Waals surface area contributed by atoms with E-state index in [0.717, 1.165) is 5.56 Å². The summed E-state index contributed by atoms with van der Waals surface area (Å²) in [7, 11) is 0. The van der Waals surface area contributed by atoms with Crippen molar-refractivity contribution in [2.75, 3.05) is 13.2 Å². The standard InChI is InChI=1S/C14H18FNO4/c1-10-5-6-11(15)12(8-10)20-9-13(17)16-7-3-2-4-14(18)19/h5-6,8H,2-4,7,9H2,1H3,(H,16,17)(H,18,19). The molecule has 0 saturated heterocycles. The van der Waals surface area contributed by atoms with Crippen LogP contribution in [0.25, 0.3) is 0 Å². The van der Waals surface area contributed by atoms with E-state index in [9.17, 15) is 14.0 Å². The minimum Gasteiger partial charge on any atom is -0.481 e. The maximum absolute atomic E-state index is 13.3. The van der Waals surface area contributed by atoms with Crippen molar-refractivity contribution in [1.29, 1.82) is 0 Å². The molecule has 2 N–H and O–H groups in total. The van der Waals surface area contributed by atoms with Gasteiger partial charge in [0.05, 0.1) is 0 Å². The quantitative estimate of drug-likeness (QED) is 0.714. The number of hydrogen-bond donors (Lipinski definition) is 2. The Morgan fingerprint density at radius 2 is 2.10 bits per heavy atom. The van der Waals surface area contributed by atoms with Gasteiger partial charge in [-0.2, -0.15) is 0 Å². The van der Waals surface area contributed by atoms with Crippen molar-refractivity contribution < 1.29 is 23.8 Å². The Morgan fingerprint density at radius 3 is 2.80 bits per heavy atom. The number of carbonyl (C=O) groups excluding carboxylic acids is 1. The highest BCUT2D eigenvalue weighted by Gasteiger charge is 2.07. The molecule has 0 atom stereocenters. The first kappa shape index (κ1) is 15.9. The summed E-state index contributed by atoms with van der Waals surface area (Å²) >= 11 is 0. The zero-order chi connectivity index (χ0) is 15.0. The number of unbranched alkanes of at least 4 members (excludes halogenated alkanes) is 1. The molecule has 6 heteroatoms. The van der Waals surface area contributed by atoms with Crippen molar-refractivity contribution in [2.24, 2.45) is 0 Å². The van der Waals surface area contributed by atoms with Crippen LogP contribution in [0.2, 0.25) is 0 Å². The number of rotatable bonds is 8. The number of carboxylic acid groups (broad SMARTS) is 1. The molecule has 0 aliphatic heterocycles. The van der Waals surface area contributed by atoms with Crippen LogP contribution in [0.5, 0.6) is 5.75 Å². The summed E-state index contributed by atoms with van der Waals surface area (Å²) in [6.45, 7) is 1.92. The molecule has 1 amide bonds. The highest BCUT2D eigenvalue weighted by atomic mass is 19.1. The number of aryl methyl sites for hydroxylation is 1. The number of nitrogens with one attached hydrogen (secondary N) is 1. The van der Waals surface area contributed by atoms with E-state index >= 15 is 0 Å². The van der Waals surface area contributed by atoms with Crippen LogP contribution in [0.1, 0.15) is 24.8 Å². The van der Waals surface area contributed by atoms with Gasteiger partial charge in [-0.05, 0) is 37.5 Å². The number of ether oxygens (including phenoxy) is 1. The normalized spacial score (nSPS) is 10.1. The second-order valence-corrected chi connectivity index (χ2v) is 4.42. The first-order valence-corrected chi connectivity index (χ1v) is 6.36. The minimum atomic E-state index is -0.852. The Labute approximate surface area is 116 Å². The van der Waals surface area contributed by atoms with Gasteiger partial charge in [-0.3, -0.25) is 9.59 Å². The van der Waals surface area contributed by atoms with Gasteiger partial charge >= 0.3 is 5.97 Å². The summed E-state index contributed by atoms with van der Waals surface area (Å²) in [5, 5.41) is 11.0. The van der Waals surface area contributed by atoms with Crippen LogP contribution in [-0.2, 0) is 9.59 Å². The van der Waals surface area contributed by atoms with E-state index in [1.54, 1.807) is 13.0 Å². The molecular formula is C14H18FNO4. The van der Waals surface area contributed by atoms with Crippen LogP contribution >= 0.6 is 0 Å². The molecule has 1 aromatic rings. The van der Waals surface area contributed by atoms with Crippen molar-refractivity contribution in [3.63, 3.8) is 0 Å². The average molecular weight is 283 g/mol. The van der Waals surface area contributed by atoms with Crippen molar-refractivity contribution in [3.05, 3.63) is 29.6 Å². The monoisotopic (exact) mass is 283 g/mol. The lowest BCUT2D eigenvalue weighted by atomic mass is 10.2. The summed E-state index contributed by atoms with van der Waals surface area (Å²) in [5.74, 6) is -1.67. The van der Waals surface area contributed by atoms with Gasteiger partial charge in [-0.1, -0.05) is 6.07 Å². The molecule has 110 valence electrons. The van der Waals surface area contributed by atoms with Gasteiger partial charge in [-0.25, -0.2) is 4.39 Å². The predicted molar refractivity (Wildman–Crippen MR) is 71.1 cm³/mol. The predicted octanol–water partition coefficient (Wildman–Crippen LogP) is 1.88. The molecule has 0 aromatic heterocycles. The van der Waals surface area contributed by atoms with Crippen LogP contribution in [-0.4, -0.2) is 30.1 Å². The highest BCUT2D eigenvalue weighted by Crippen LogP contribution is 2.17. The molecular weight excluding hydrogens is 265 g/mol. The molecule has 0 radical (unpaired) electrons. The fourth-order valence-electron chi connectivity index (χ4n) is 1.54. The van der Waals surface area contributed by atoms with Gasteiger partial charge < -0.3 is 15.2 Å². The lowest BCUT2D eigenvalue weighted by Gasteiger charge is -2.08. The number of carbonyl (C=O) groups is 2. The molecule has 0 spiro atoms. The van der Waals surface area contributed by atoms with Crippen molar-refractivity contribution in [3.8, 4) is 5.75 Å². The molecule has 0 bridgehead atoms. The molecule has 20 heavy (non-hydrogen) atoms. The van der Waals surface area contributed by atoms with Crippen molar-refractivity contribution in [1.82, 2.24) is 5.32 Å². The molecule has 1 rings (SSSR count). The second kappa shape index (κ2) is 8.14.